The Morgan fingerprint density at radius 3 is 2.44 bits per heavy atom. The molecule has 1 atom stereocenters. The minimum absolute atomic E-state index is 0.135. The van der Waals surface area contributed by atoms with Crippen LogP contribution in [-0.2, 0) is 21.4 Å². The Kier molecular flexibility index (Phi) is 5.96. The first kappa shape index (κ1) is 20.3. The maximum atomic E-state index is 13.3. The lowest BCUT2D eigenvalue weighted by Crippen LogP contribution is -2.50. The molecule has 2 heterocycles. The lowest BCUT2D eigenvalue weighted by atomic mass is 9.78. The predicted molar refractivity (Wildman–Crippen MR) is 108 cm³/mol. The fourth-order valence-corrected chi connectivity index (χ4v) is 5.96. The van der Waals surface area contributed by atoms with Gasteiger partial charge in [-0.25, -0.2) is 12.7 Å². The molecular weight excluding hydrogens is 360 g/mol. The van der Waals surface area contributed by atoms with Crippen LogP contribution in [0.3, 0.4) is 0 Å². The minimum atomic E-state index is -3.24. The predicted octanol–water partition coefficient (Wildman–Crippen LogP) is 3.36. The molecular formula is C21H32N2O3S. The van der Waals surface area contributed by atoms with E-state index in [0.29, 0.717) is 38.4 Å². The summed E-state index contributed by atoms with van der Waals surface area (Å²) in [7, 11) is -3.24. The van der Waals surface area contributed by atoms with Gasteiger partial charge in [-0.1, -0.05) is 45.0 Å². The summed E-state index contributed by atoms with van der Waals surface area (Å²) in [5.74, 6) is 0.799. The van der Waals surface area contributed by atoms with Crippen molar-refractivity contribution in [2.75, 3.05) is 25.4 Å². The molecule has 0 aliphatic carbocycles. The lowest BCUT2D eigenvalue weighted by molar-refractivity contribution is -0.146. The van der Waals surface area contributed by atoms with Gasteiger partial charge < -0.3 is 4.90 Å². The Hall–Kier alpha value is -1.40. The van der Waals surface area contributed by atoms with E-state index < -0.39 is 15.4 Å². The van der Waals surface area contributed by atoms with Crippen LogP contribution in [0.5, 0.6) is 0 Å². The zero-order chi connectivity index (χ0) is 19.7. The van der Waals surface area contributed by atoms with Crippen molar-refractivity contribution >= 4 is 15.9 Å². The van der Waals surface area contributed by atoms with Crippen molar-refractivity contribution in [2.45, 2.75) is 58.9 Å². The van der Waals surface area contributed by atoms with Crippen molar-refractivity contribution < 1.29 is 13.2 Å². The second-order valence-electron chi connectivity index (χ2n) is 8.41. The monoisotopic (exact) mass is 392 g/mol. The average molecular weight is 393 g/mol. The molecule has 1 amide bonds. The Morgan fingerprint density at radius 2 is 1.81 bits per heavy atom. The van der Waals surface area contributed by atoms with Crippen molar-refractivity contribution in [2.24, 2.45) is 5.41 Å². The molecule has 2 aliphatic rings. The number of amides is 1. The van der Waals surface area contributed by atoms with Crippen molar-refractivity contribution in [1.82, 2.24) is 9.21 Å². The second kappa shape index (κ2) is 7.92. The summed E-state index contributed by atoms with van der Waals surface area (Å²) < 4.78 is 26.4. The van der Waals surface area contributed by atoms with Gasteiger partial charge in [-0.15, -0.1) is 0 Å². The first-order valence-corrected chi connectivity index (χ1v) is 11.7. The normalized spacial score (nSPS) is 24.3. The summed E-state index contributed by atoms with van der Waals surface area (Å²) in [4.78, 5) is 15.2. The summed E-state index contributed by atoms with van der Waals surface area (Å²) >= 11 is 0. The number of likely N-dealkylation sites (tertiary alicyclic amines) is 1. The molecule has 150 valence electrons. The van der Waals surface area contributed by atoms with Crippen molar-refractivity contribution in [1.29, 1.82) is 0 Å². The molecule has 1 aromatic rings. The van der Waals surface area contributed by atoms with Crippen LogP contribution in [-0.4, -0.2) is 48.9 Å². The van der Waals surface area contributed by atoms with Crippen molar-refractivity contribution in [3.63, 3.8) is 0 Å². The van der Waals surface area contributed by atoms with Gasteiger partial charge >= 0.3 is 0 Å². The van der Waals surface area contributed by atoms with Gasteiger partial charge in [0.25, 0.3) is 0 Å². The summed E-state index contributed by atoms with van der Waals surface area (Å²) in [6.45, 7) is 8.43. The molecule has 6 heteroatoms. The van der Waals surface area contributed by atoms with Gasteiger partial charge in [0.15, 0.2) is 0 Å². The van der Waals surface area contributed by atoms with E-state index >= 15 is 0 Å². The largest absolute Gasteiger partial charge is 0.338 e. The number of piperidine rings is 1. The van der Waals surface area contributed by atoms with E-state index in [1.54, 1.807) is 4.31 Å². The molecule has 2 fully saturated rings. The highest BCUT2D eigenvalue weighted by Crippen LogP contribution is 2.41. The van der Waals surface area contributed by atoms with Crippen LogP contribution < -0.4 is 0 Å². The van der Waals surface area contributed by atoms with E-state index in [0.717, 1.165) is 24.9 Å². The molecule has 2 aliphatic heterocycles. The summed E-state index contributed by atoms with van der Waals surface area (Å²) in [5.41, 5.74) is 1.92. The van der Waals surface area contributed by atoms with Crippen LogP contribution in [0.15, 0.2) is 24.3 Å². The molecule has 3 rings (SSSR count). The van der Waals surface area contributed by atoms with Gasteiger partial charge in [-0.3, -0.25) is 4.79 Å². The number of carbonyl (C=O) groups is 1. The molecule has 5 nitrogen and oxygen atoms in total. The number of sulfonamides is 1. The number of carbonyl (C=O) groups excluding carboxylic acids is 1. The van der Waals surface area contributed by atoms with E-state index in [-0.39, 0.29) is 11.7 Å². The summed E-state index contributed by atoms with van der Waals surface area (Å²) in [5, 5.41) is 0. The Balaban J connectivity index is 1.71. The second-order valence-corrected chi connectivity index (χ2v) is 10.5. The topological polar surface area (TPSA) is 57.7 Å². The van der Waals surface area contributed by atoms with Crippen LogP contribution in [0.25, 0.3) is 0 Å². The molecule has 0 radical (unpaired) electrons. The van der Waals surface area contributed by atoms with Crippen LogP contribution in [0.1, 0.15) is 63.5 Å². The van der Waals surface area contributed by atoms with Gasteiger partial charge in [-0.2, -0.15) is 0 Å². The van der Waals surface area contributed by atoms with Gasteiger partial charge in [0, 0.05) is 26.2 Å². The number of hydrogen-bond acceptors (Lipinski definition) is 3. The molecule has 1 aromatic carbocycles. The highest BCUT2D eigenvalue weighted by atomic mass is 32.2. The van der Waals surface area contributed by atoms with Crippen LogP contribution in [0.4, 0.5) is 0 Å². The van der Waals surface area contributed by atoms with E-state index in [9.17, 15) is 13.2 Å². The average Bonchev–Trinajstić information content (AvgIpc) is 3.06. The molecule has 27 heavy (non-hydrogen) atoms. The first-order valence-electron chi connectivity index (χ1n) is 10.1. The van der Waals surface area contributed by atoms with Gasteiger partial charge in [-0.05, 0) is 42.7 Å². The third kappa shape index (κ3) is 4.21. The third-order valence-corrected chi connectivity index (χ3v) is 8.04. The van der Waals surface area contributed by atoms with Crippen LogP contribution in [0.2, 0.25) is 0 Å². The number of benzene rings is 1. The smallest absolute Gasteiger partial charge is 0.230 e. The third-order valence-electron chi connectivity index (χ3n) is 6.02. The van der Waals surface area contributed by atoms with Crippen molar-refractivity contribution in [3.8, 4) is 0 Å². The number of nitrogens with zero attached hydrogens (tertiary/aromatic N) is 2. The quantitative estimate of drug-likeness (QED) is 0.746. The first-order chi connectivity index (χ1) is 12.8. The van der Waals surface area contributed by atoms with E-state index in [1.807, 2.05) is 11.8 Å². The molecule has 0 bridgehead atoms. The molecule has 2 saturated heterocycles. The minimum Gasteiger partial charge on any atom is -0.338 e. The van der Waals surface area contributed by atoms with Gasteiger partial charge in [0.05, 0.1) is 11.2 Å². The summed E-state index contributed by atoms with van der Waals surface area (Å²) in [6.07, 6.45) is 3.00. The Morgan fingerprint density at radius 1 is 1.11 bits per heavy atom. The Bertz CT molecular complexity index is 773. The van der Waals surface area contributed by atoms with E-state index in [2.05, 4.69) is 38.1 Å². The fraction of sp³-hybridized carbons (Fsp3) is 0.667. The molecule has 0 aromatic heterocycles. The zero-order valence-electron chi connectivity index (χ0n) is 16.8. The highest BCUT2D eigenvalue weighted by molar-refractivity contribution is 7.89. The maximum absolute atomic E-state index is 13.3. The number of hydrogen-bond donors (Lipinski definition) is 0. The SMILES string of the molecule is CCCS(=O)(=O)N1CC[C@]2(CCCN(Cc3ccc(C(C)C)cc3)C2=O)C1. The zero-order valence-corrected chi connectivity index (χ0v) is 17.6. The van der Waals surface area contributed by atoms with Gasteiger partial charge in [0.1, 0.15) is 0 Å². The fourth-order valence-electron chi connectivity index (χ4n) is 4.37. The van der Waals surface area contributed by atoms with Crippen LogP contribution >= 0.6 is 0 Å². The highest BCUT2D eigenvalue weighted by Gasteiger charge is 2.50. The van der Waals surface area contributed by atoms with E-state index in [4.69, 9.17) is 0 Å². The Labute approximate surface area is 163 Å². The number of rotatable bonds is 6. The molecule has 0 saturated carbocycles. The molecule has 0 unspecified atom stereocenters. The lowest BCUT2D eigenvalue weighted by Gasteiger charge is -2.39. The van der Waals surface area contributed by atoms with Crippen molar-refractivity contribution in [3.05, 3.63) is 35.4 Å². The van der Waals surface area contributed by atoms with E-state index in [1.165, 1.54) is 5.56 Å². The molecule has 1 spiro atoms. The van der Waals surface area contributed by atoms with Crippen LogP contribution in [0, 0.1) is 5.41 Å². The standard InChI is InChI=1S/C21H32N2O3S/c1-4-14-27(25,26)23-13-11-21(16-23)10-5-12-22(20(21)24)15-18-6-8-19(9-7-18)17(2)3/h6-9,17H,4-5,10-16H2,1-3H3/t21-/m1/s1. The summed E-state index contributed by atoms with van der Waals surface area (Å²) in [6, 6.07) is 8.49. The van der Waals surface area contributed by atoms with Gasteiger partial charge in [0.2, 0.25) is 15.9 Å². The molecule has 0 N–H and O–H groups in total. The maximum Gasteiger partial charge on any atom is 0.230 e.